The van der Waals surface area contributed by atoms with Crippen LogP contribution in [0.3, 0.4) is 0 Å². The molecule has 0 bridgehead atoms. The lowest BCUT2D eigenvalue weighted by atomic mass is 10.1. The van der Waals surface area contributed by atoms with Crippen molar-refractivity contribution in [2.75, 3.05) is 7.11 Å². The zero-order valence-electron chi connectivity index (χ0n) is 10.4. The van der Waals surface area contributed by atoms with Crippen molar-refractivity contribution in [2.45, 2.75) is 13.1 Å². The molecule has 1 aromatic heterocycles. The minimum absolute atomic E-state index is 0.345. The summed E-state index contributed by atoms with van der Waals surface area (Å²) in [6.45, 7) is 1.26. The van der Waals surface area contributed by atoms with Crippen molar-refractivity contribution < 1.29 is 14.1 Å². The molecule has 0 aliphatic heterocycles. The van der Waals surface area contributed by atoms with E-state index in [-0.39, 0.29) is 5.97 Å². The number of hydrogen-bond acceptors (Lipinski definition) is 5. The molecular formula is C13H13BrN2O3. The lowest BCUT2D eigenvalue weighted by Crippen LogP contribution is -2.13. The first-order valence-electron chi connectivity index (χ1n) is 5.67. The molecule has 1 aromatic carbocycles. The van der Waals surface area contributed by atoms with Gasteiger partial charge in [-0.2, -0.15) is 0 Å². The highest BCUT2D eigenvalue weighted by Gasteiger charge is 2.08. The van der Waals surface area contributed by atoms with Gasteiger partial charge in [0.15, 0.2) is 0 Å². The van der Waals surface area contributed by atoms with E-state index in [4.69, 9.17) is 4.52 Å². The average molecular weight is 325 g/mol. The Morgan fingerprint density at radius 3 is 2.89 bits per heavy atom. The normalized spacial score (nSPS) is 10.4. The molecule has 0 aliphatic rings. The highest BCUT2D eigenvalue weighted by molar-refractivity contribution is 9.10. The Labute approximate surface area is 119 Å². The lowest BCUT2D eigenvalue weighted by Gasteiger charge is -2.07. The first-order chi connectivity index (χ1) is 9.20. The summed E-state index contributed by atoms with van der Waals surface area (Å²) in [6, 6.07) is 7.17. The summed E-state index contributed by atoms with van der Waals surface area (Å²) in [5.74, 6) is 0.434. The summed E-state index contributed by atoms with van der Waals surface area (Å²) in [4.78, 5) is 11.4. The minimum atomic E-state index is -0.345. The van der Waals surface area contributed by atoms with Gasteiger partial charge >= 0.3 is 5.97 Å². The lowest BCUT2D eigenvalue weighted by molar-refractivity contribution is 0.0600. The van der Waals surface area contributed by atoms with Crippen molar-refractivity contribution in [3.63, 3.8) is 0 Å². The number of carbonyl (C=O) groups excluding carboxylic acids is 1. The number of carbonyl (C=O) groups is 1. The van der Waals surface area contributed by atoms with Crippen molar-refractivity contribution in [2.24, 2.45) is 0 Å². The molecule has 100 valence electrons. The van der Waals surface area contributed by atoms with E-state index in [1.807, 2.05) is 12.1 Å². The van der Waals surface area contributed by atoms with Crippen molar-refractivity contribution in [3.8, 4) is 0 Å². The second-order valence-electron chi connectivity index (χ2n) is 3.88. The van der Waals surface area contributed by atoms with Gasteiger partial charge < -0.3 is 14.6 Å². The van der Waals surface area contributed by atoms with Gasteiger partial charge in [0, 0.05) is 17.1 Å². The van der Waals surface area contributed by atoms with Gasteiger partial charge in [-0.3, -0.25) is 0 Å². The minimum Gasteiger partial charge on any atom is -0.465 e. The largest absolute Gasteiger partial charge is 0.465 e. The highest BCUT2D eigenvalue weighted by atomic mass is 79.9. The fourth-order valence-electron chi connectivity index (χ4n) is 1.59. The van der Waals surface area contributed by atoms with E-state index >= 15 is 0 Å². The van der Waals surface area contributed by atoms with Crippen molar-refractivity contribution in [3.05, 3.63) is 51.8 Å². The van der Waals surface area contributed by atoms with Crippen LogP contribution in [0.15, 0.2) is 39.5 Å². The summed E-state index contributed by atoms with van der Waals surface area (Å²) >= 11 is 3.44. The van der Waals surface area contributed by atoms with Crippen molar-refractivity contribution >= 4 is 21.9 Å². The van der Waals surface area contributed by atoms with Crippen molar-refractivity contribution in [1.29, 1.82) is 0 Å². The number of methoxy groups -OCH3 is 1. The Bertz CT molecular complexity index is 555. The van der Waals surface area contributed by atoms with Gasteiger partial charge in [0.25, 0.3) is 0 Å². The fourth-order valence-corrected chi connectivity index (χ4v) is 2.11. The zero-order chi connectivity index (χ0) is 13.7. The molecule has 2 aromatic rings. The number of nitrogens with one attached hydrogen (secondary N) is 1. The van der Waals surface area contributed by atoms with Gasteiger partial charge in [0.2, 0.25) is 0 Å². The number of esters is 1. The Hall–Kier alpha value is -1.66. The van der Waals surface area contributed by atoms with Crippen LogP contribution in [-0.4, -0.2) is 18.2 Å². The molecular weight excluding hydrogens is 312 g/mol. The summed E-state index contributed by atoms with van der Waals surface area (Å²) in [5.41, 5.74) is 1.57. The molecule has 19 heavy (non-hydrogen) atoms. The maximum Gasteiger partial charge on any atom is 0.337 e. The third kappa shape index (κ3) is 3.65. The van der Waals surface area contributed by atoms with Crippen LogP contribution in [0.5, 0.6) is 0 Å². The van der Waals surface area contributed by atoms with Crippen LogP contribution in [0.4, 0.5) is 0 Å². The number of ether oxygens (including phenoxy) is 1. The van der Waals surface area contributed by atoms with Crippen LogP contribution in [0.2, 0.25) is 0 Å². The molecule has 5 nitrogen and oxygen atoms in total. The van der Waals surface area contributed by atoms with E-state index in [0.717, 1.165) is 15.8 Å². The Morgan fingerprint density at radius 2 is 2.26 bits per heavy atom. The molecule has 1 heterocycles. The van der Waals surface area contributed by atoms with E-state index in [9.17, 15) is 4.79 Å². The zero-order valence-corrected chi connectivity index (χ0v) is 11.9. The Kier molecular flexibility index (Phi) is 4.70. The molecule has 1 N–H and O–H groups in total. The van der Waals surface area contributed by atoms with E-state index < -0.39 is 0 Å². The second kappa shape index (κ2) is 6.49. The van der Waals surface area contributed by atoms with Crippen LogP contribution in [0, 0.1) is 0 Å². The van der Waals surface area contributed by atoms with Gasteiger partial charge in [0.05, 0.1) is 25.4 Å². The average Bonchev–Trinajstić information content (AvgIpc) is 2.93. The molecule has 0 spiro atoms. The van der Waals surface area contributed by atoms with Gasteiger partial charge in [-0.05, 0) is 17.7 Å². The number of rotatable bonds is 5. The molecule has 0 saturated carbocycles. The van der Waals surface area contributed by atoms with E-state index in [1.165, 1.54) is 7.11 Å². The highest BCUT2D eigenvalue weighted by Crippen LogP contribution is 2.19. The summed E-state index contributed by atoms with van der Waals surface area (Å²) in [6.07, 6.45) is 1.61. The van der Waals surface area contributed by atoms with E-state index in [2.05, 4.69) is 31.1 Å². The Balaban J connectivity index is 1.95. The number of aromatic nitrogens is 1. The van der Waals surface area contributed by atoms with Crippen LogP contribution >= 0.6 is 15.9 Å². The Morgan fingerprint density at radius 1 is 1.42 bits per heavy atom. The predicted molar refractivity (Wildman–Crippen MR) is 72.5 cm³/mol. The topological polar surface area (TPSA) is 64.4 Å². The molecule has 0 saturated heterocycles. The summed E-state index contributed by atoms with van der Waals surface area (Å²) in [7, 11) is 1.36. The van der Waals surface area contributed by atoms with Crippen LogP contribution in [-0.2, 0) is 17.8 Å². The molecule has 0 radical (unpaired) electrons. The monoisotopic (exact) mass is 324 g/mol. The standard InChI is InChI=1S/C13H13BrN2O3/c1-18-13(17)9-2-3-10(12(14)6-9)7-15-8-11-4-5-16-19-11/h2-6,15H,7-8H2,1H3. The van der Waals surface area contributed by atoms with Crippen molar-refractivity contribution in [1.82, 2.24) is 10.5 Å². The van der Waals surface area contributed by atoms with Crippen LogP contribution in [0.25, 0.3) is 0 Å². The number of hydrogen-bond donors (Lipinski definition) is 1. The SMILES string of the molecule is COC(=O)c1ccc(CNCc2ccno2)c(Br)c1. The van der Waals surface area contributed by atoms with Gasteiger partial charge in [-0.1, -0.05) is 27.2 Å². The van der Waals surface area contributed by atoms with E-state index in [0.29, 0.717) is 18.7 Å². The quantitative estimate of drug-likeness (QED) is 0.856. The third-order valence-electron chi connectivity index (χ3n) is 2.58. The van der Waals surface area contributed by atoms with Gasteiger partial charge in [-0.25, -0.2) is 4.79 Å². The third-order valence-corrected chi connectivity index (χ3v) is 3.32. The number of halogens is 1. The molecule has 0 aliphatic carbocycles. The van der Waals surface area contributed by atoms with Gasteiger partial charge in [-0.15, -0.1) is 0 Å². The molecule has 2 rings (SSSR count). The predicted octanol–water partition coefficient (Wildman–Crippen LogP) is 2.51. The molecule has 0 atom stereocenters. The molecule has 0 amide bonds. The summed E-state index contributed by atoms with van der Waals surface area (Å²) in [5, 5.41) is 6.86. The number of benzene rings is 1. The number of nitrogens with zero attached hydrogens (tertiary/aromatic N) is 1. The first-order valence-corrected chi connectivity index (χ1v) is 6.47. The maximum absolute atomic E-state index is 11.4. The van der Waals surface area contributed by atoms with Crippen LogP contribution in [0.1, 0.15) is 21.7 Å². The second-order valence-corrected chi connectivity index (χ2v) is 4.73. The van der Waals surface area contributed by atoms with Gasteiger partial charge in [0.1, 0.15) is 5.76 Å². The molecule has 0 fully saturated rings. The molecule has 6 heteroatoms. The smallest absolute Gasteiger partial charge is 0.337 e. The van der Waals surface area contributed by atoms with Crippen LogP contribution < -0.4 is 5.32 Å². The fraction of sp³-hybridized carbons (Fsp3) is 0.231. The first kappa shape index (κ1) is 13.8. The molecule has 0 unspecified atom stereocenters. The summed E-state index contributed by atoms with van der Waals surface area (Å²) < 4.78 is 10.5. The van der Waals surface area contributed by atoms with E-state index in [1.54, 1.807) is 18.3 Å². The maximum atomic E-state index is 11.4.